The van der Waals surface area contributed by atoms with Gasteiger partial charge in [0.2, 0.25) is 0 Å². The van der Waals surface area contributed by atoms with E-state index in [1.807, 2.05) is 7.05 Å². The monoisotopic (exact) mass is 167 g/mol. The highest BCUT2D eigenvalue weighted by molar-refractivity contribution is 5.85. The Kier molecular flexibility index (Phi) is 7.65. The molecule has 0 rings (SSSR count). The molecule has 2 nitrogen and oxygen atoms in total. The third kappa shape index (κ3) is 6.33. The maximum Gasteiger partial charge on any atom is 0.0482 e. The first-order chi connectivity index (χ1) is 4.12. The first-order valence-electron chi connectivity index (χ1n) is 3.38. The van der Waals surface area contributed by atoms with E-state index in [1.54, 1.807) is 0 Å². The number of nitrogens with one attached hydrogen (secondary N) is 1. The average molecular weight is 168 g/mol. The highest BCUT2D eigenvalue weighted by Crippen LogP contribution is 2.17. The normalized spacial score (nSPS) is 10.8. The molecule has 0 fully saturated rings. The van der Waals surface area contributed by atoms with Crippen LogP contribution in [0.1, 0.15) is 20.3 Å². The van der Waals surface area contributed by atoms with Crippen LogP contribution in [0.5, 0.6) is 0 Å². The lowest BCUT2D eigenvalue weighted by Crippen LogP contribution is -2.22. The fraction of sp³-hybridized carbons (Fsp3) is 1.00. The second kappa shape index (κ2) is 5.96. The van der Waals surface area contributed by atoms with Gasteiger partial charge in [-0.3, -0.25) is 0 Å². The van der Waals surface area contributed by atoms with E-state index < -0.39 is 0 Å². The molecule has 0 radical (unpaired) electrons. The maximum absolute atomic E-state index is 8.79. The number of hydrogen-bond donors (Lipinski definition) is 2. The van der Waals surface area contributed by atoms with Crippen molar-refractivity contribution in [3.8, 4) is 0 Å². The first-order valence-corrected chi connectivity index (χ1v) is 3.38. The van der Waals surface area contributed by atoms with Gasteiger partial charge in [-0.05, 0) is 25.4 Å². The van der Waals surface area contributed by atoms with E-state index in [9.17, 15) is 0 Å². The van der Waals surface area contributed by atoms with Gasteiger partial charge in [0.1, 0.15) is 0 Å². The van der Waals surface area contributed by atoms with Crippen LogP contribution < -0.4 is 5.32 Å². The molecule has 0 aliphatic carbocycles. The van der Waals surface area contributed by atoms with Gasteiger partial charge in [0.25, 0.3) is 0 Å². The van der Waals surface area contributed by atoms with Gasteiger partial charge in [-0.15, -0.1) is 12.4 Å². The molecule has 0 unspecified atom stereocenters. The quantitative estimate of drug-likeness (QED) is 0.656. The van der Waals surface area contributed by atoms with Crippen LogP contribution >= 0.6 is 12.4 Å². The van der Waals surface area contributed by atoms with Gasteiger partial charge < -0.3 is 10.4 Å². The van der Waals surface area contributed by atoms with Crippen LogP contribution in [0.4, 0.5) is 0 Å². The highest BCUT2D eigenvalue weighted by atomic mass is 35.5. The minimum absolute atomic E-state index is 0. The molecule has 0 aliphatic rings. The Hall–Kier alpha value is 0.210. The lowest BCUT2D eigenvalue weighted by Gasteiger charge is -2.20. The summed E-state index contributed by atoms with van der Waals surface area (Å²) in [6.45, 7) is 5.37. The SMILES string of the molecule is CNCCC(C)(C)CO.Cl. The summed E-state index contributed by atoms with van der Waals surface area (Å²) >= 11 is 0. The van der Waals surface area contributed by atoms with Crippen molar-refractivity contribution in [3.63, 3.8) is 0 Å². The van der Waals surface area contributed by atoms with E-state index in [0.29, 0.717) is 0 Å². The summed E-state index contributed by atoms with van der Waals surface area (Å²) in [6.07, 6.45) is 1.03. The molecule has 0 aromatic carbocycles. The fourth-order valence-electron chi connectivity index (χ4n) is 0.542. The van der Waals surface area contributed by atoms with Crippen LogP contribution in [-0.2, 0) is 0 Å². The van der Waals surface area contributed by atoms with Gasteiger partial charge in [-0.1, -0.05) is 13.8 Å². The van der Waals surface area contributed by atoms with Crippen LogP contribution in [0.3, 0.4) is 0 Å². The van der Waals surface area contributed by atoms with Gasteiger partial charge in [0, 0.05) is 6.61 Å². The number of aliphatic hydroxyl groups is 1. The third-order valence-corrected chi connectivity index (χ3v) is 1.48. The molecular formula is C7H18ClNO. The Morgan fingerprint density at radius 3 is 2.20 bits per heavy atom. The van der Waals surface area contributed by atoms with Gasteiger partial charge >= 0.3 is 0 Å². The zero-order valence-corrected chi connectivity index (χ0v) is 7.79. The van der Waals surface area contributed by atoms with Crippen LogP contribution in [0.15, 0.2) is 0 Å². The second-order valence-electron chi connectivity index (χ2n) is 3.18. The Labute approximate surface area is 69.4 Å². The van der Waals surface area contributed by atoms with Gasteiger partial charge in [0.15, 0.2) is 0 Å². The molecule has 0 amide bonds. The summed E-state index contributed by atoms with van der Waals surface area (Å²) in [5.41, 5.74) is 0.0863. The summed E-state index contributed by atoms with van der Waals surface area (Å²) in [4.78, 5) is 0. The molecule has 10 heavy (non-hydrogen) atoms. The van der Waals surface area contributed by atoms with Gasteiger partial charge in [-0.2, -0.15) is 0 Å². The van der Waals surface area contributed by atoms with E-state index >= 15 is 0 Å². The van der Waals surface area contributed by atoms with E-state index in [4.69, 9.17) is 5.11 Å². The fourth-order valence-corrected chi connectivity index (χ4v) is 0.542. The van der Waals surface area contributed by atoms with E-state index in [2.05, 4.69) is 19.2 Å². The zero-order valence-electron chi connectivity index (χ0n) is 6.98. The molecule has 0 aromatic rings. The van der Waals surface area contributed by atoms with Gasteiger partial charge in [-0.25, -0.2) is 0 Å². The maximum atomic E-state index is 8.79. The van der Waals surface area contributed by atoms with Crippen molar-refractivity contribution in [1.29, 1.82) is 0 Å². The van der Waals surface area contributed by atoms with E-state index in [-0.39, 0.29) is 24.4 Å². The van der Waals surface area contributed by atoms with Crippen molar-refractivity contribution in [2.45, 2.75) is 20.3 Å². The number of hydrogen-bond acceptors (Lipinski definition) is 2. The van der Waals surface area contributed by atoms with Crippen LogP contribution in [-0.4, -0.2) is 25.3 Å². The largest absolute Gasteiger partial charge is 0.396 e. The molecule has 0 aliphatic heterocycles. The molecule has 0 saturated heterocycles. The molecule has 2 N–H and O–H groups in total. The van der Waals surface area contributed by atoms with Crippen LogP contribution in [0, 0.1) is 5.41 Å². The van der Waals surface area contributed by atoms with E-state index in [1.165, 1.54) is 0 Å². The molecular weight excluding hydrogens is 150 g/mol. The molecule has 0 saturated carbocycles. The standard InChI is InChI=1S/C7H17NO.ClH/c1-7(2,6-9)4-5-8-3;/h8-9H,4-6H2,1-3H3;1H. The van der Waals surface area contributed by atoms with Crippen LogP contribution in [0.2, 0.25) is 0 Å². The zero-order chi connectivity index (χ0) is 7.33. The smallest absolute Gasteiger partial charge is 0.0482 e. The Balaban J connectivity index is 0. The van der Waals surface area contributed by atoms with Crippen molar-refractivity contribution in [2.24, 2.45) is 5.41 Å². The van der Waals surface area contributed by atoms with Crippen molar-refractivity contribution >= 4 is 12.4 Å². The molecule has 0 spiro atoms. The van der Waals surface area contributed by atoms with E-state index in [0.717, 1.165) is 13.0 Å². The summed E-state index contributed by atoms with van der Waals surface area (Å²) < 4.78 is 0. The van der Waals surface area contributed by atoms with Crippen molar-refractivity contribution in [3.05, 3.63) is 0 Å². The van der Waals surface area contributed by atoms with Crippen molar-refractivity contribution in [1.82, 2.24) is 5.32 Å². The predicted molar refractivity (Wildman–Crippen MR) is 46.7 cm³/mol. The average Bonchev–Trinajstić information content (AvgIpc) is 1.84. The Morgan fingerprint density at radius 1 is 1.40 bits per heavy atom. The highest BCUT2D eigenvalue weighted by Gasteiger charge is 2.14. The van der Waals surface area contributed by atoms with Gasteiger partial charge in [0.05, 0.1) is 0 Å². The Morgan fingerprint density at radius 2 is 1.90 bits per heavy atom. The number of halogens is 1. The Bertz CT molecular complexity index is 76.0. The summed E-state index contributed by atoms with van der Waals surface area (Å²) in [7, 11) is 1.92. The molecule has 64 valence electrons. The molecule has 0 atom stereocenters. The molecule has 0 heterocycles. The lowest BCUT2D eigenvalue weighted by atomic mass is 9.91. The molecule has 0 aromatic heterocycles. The first kappa shape index (κ1) is 12.8. The molecule has 3 heteroatoms. The minimum Gasteiger partial charge on any atom is -0.396 e. The topological polar surface area (TPSA) is 32.3 Å². The van der Waals surface area contributed by atoms with Crippen molar-refractivity contribution in [2.75, 3.05) is 20.2 Å². The number of aliphatic hydroxyl groups excluding tert-OH is 1. The van der Waals surface area contributed by atoms with Crippen molar-refractivity contribution < 1.29 is 5.11 Å². The summed E-state index contributed by atoms with van der Waals surface area (Å²) in [5, 5.41) is 11.8. The minimum atomic E-state index is 0. The summed E-state index contributed by atoms with van der Waals surface area (Å²) in [5.74, 6) is 0. The summed E-state index contributed by atoms with van der Waals surface area (Å²) in [6, 6.07) is 0. The second-order valence-corrected chi connectivity index (χ2v) is 3.18. The number of rotatable bonds is 4. The lowest BCUT2D eigenvalue weighted by molar-refractivity contribution is 0.150. The molecule has 0 bridgehead atoms. The predicted octanol–water partition coefficient (Wildman–Crippen LogP) is 1.04. The van der Waals surface area contributed by atoms with Crippen LogP contribution in [0.25, 0.3) is 0 Å². The third-order valence-electron chi connectivity index (χ3n) is 1.48.